The fraction of sp³-hybridized carbons (Fsp3) is 0.364. The number of nitrogens with zero attached hydrogens (tertiary/aromatic N) is 1. The third kappa shape index (κ3) is 2.50. The summed E-state index contributed by atoms with van der Waals surface area (Å²) in [6.45, 7) is 2.72. The largest absolute Gasteiger partial charge is 0.494 e. The molecule has 0 unspecified atom stereocenters. The summed E-state index contributed by atoms with van der Waals surface area (Å²) in [5, 5.41) is 18.2. The van der Waals surface area contributed by atoms with Gasteiger partial charge in [-0.3, -0.25) is 14.6 Å². The lowest BCUT2D eigenvalue weighted by molar-refractivity contribution is -0.147. The Morgan fingerprint density at radius 3 is 2.33 bits per heavy atom. The Labute approximate surface area is 103 Å². The summed E-state index contributed by atoms with van der Waals surface area (Å²) < 4.78 is 0. The Kier molecular flexibility index (Phi) is 3.45. The maximum absolute atomic E-state index is 12.0. The van der Waals surface area contributed by atoms with E-state index in [0.29, 0.717) is 0 Å². The number of nitrogens with one attached hydrogen (secondary N) is 1. The van der Waals surface area contributed by atoms with Crippen LogP contribution in [0.25, 0.3) is 0 Å². The van der Waals surface area contributed by atoms with Gasteiger partial charge in [0.05, 0.1) is 5.56 Å². The molecule has 1 aromatic heterocycles. The van der Waals surface area contributed by atoms with Gasteiger partial charge in [-0.25, -0.2) is 4.79 Å². The van der Waals surface area contributed by atoms with Gasteiger partial charge in [0, 0.05) is 19.2 Å². The predicted molar refractivity (Wildman–Crippen MR) is 62.5 cm³/mol. The highest BCUT2D eigenvalue weighted by atomic mass is 16.4. The Hall–Kier alpha value is -2.31. The molecule has 0 saturated carbocycles. The van der Waals surface area contributed by atoms with Crippen molar-refractivity contribution in [2.45, 2.75) is 19.4 Å². The van der Waals surface area contributed by atoms with Gasteiger partial charge in [0.15, 0.2) is 5.88 Å². The maximum atomic E-state index is 12.0. The standard InChI is InChI=1S/C11H14N2O5/c1-11(2,10(17)18)13(3)9(16)6-4-7(14)12-8(15)5-6/h4-5H,1-3H3,(H,17,18)(H2,12,14,15). The van der Waals surface area contributed by atoms with E-state index in [0.717, 1.165) is 17.0 Å². The number of carboxylic acid groups (broad SMARTS) is 1. The second kappa shape index (κ2) is 4.52. The number of hydrogen-bond acceptors (Lipinski definition) is 4. The van der Waals surface area contributed by atoms with Crippen LogP contribution in [0.4, 0.5) is 0 Å². The number of amides is 1. The van der Waals surface area contributed by atoms with E-state index >= 15 is 0 Å². The average Bonchev–Trinajstić information content (AvgIpc) is 2.25. The van der Waals surface area contributed by atoms with Gasteiger partial charge in [0.25, 0.3) is 11.5 Å². The van der Waals surface area contributed by atoms with Crippen LogP contribution in [0.15, 0.2) is 16.9 Å². The number of aromatic nitrogens is 1. The number of aliphatic carboxylic acids is 1. The van der Waals surface area contributed by atoms with Crippen LogP contribution in [-0.2, 0) is 4.79 Å². The molecule has 0 aliphatic carbocycles. The molecule has 0 radical (unpaired) electrons. The fourth-order valence-electron chi connectivity index (χ4n) is 1.24. The van der Waals surface area contributed by atoms with Gasteiger partial charge in [0.1, 0.15) is 5.54 Å². The van der Waals surface area contributed by atoms with Crippen molar-refractivity contribution in [1.29, 1.82) is 0 Å². The van der Waals surface area contributed by atoms with Gasteiger partial charge in [-0.15, -0.1) is 0 Å². The minimum absolute atomic E-state index is 0.0759. The highest BCUT2D eigenvalue weighted by Gasteiger charge is 2.35. The Morgan fingerprint density at radius 2 is 1.89 bits per heavy atom. The van der Waals surface area contributed by atoms with E-state index in [1.54, 1.807) is 0 Å². The normalized spacial score (nSPS) is 11.1. The molecule has 1 rings (SSSR count). The van der Waals surface area contributed by atoms with Gasteiger partial charge in [-0.2, -0.15) is 0 Å². The fourth-order valence-corrected chi connectivity index (χ4v) is 1.24. The number of carbonyl (C=O) groups excluding carboxylic acids is 1. The molecule has 0 atom stereocenters. The summed E-state index contributed by atoms with van der Waals surface area (Å²) >= 11 is 0. The van der Waals surface area contributed by atoms with Crippen molar-refractivity contribution in [3.05, 3.63) is 28.0 Å². The molecule has 1 aromatic rings. The number of rotatable bonds is 3. The monoisotopic (exact) mass is 254 g/mol. The van der Waals surface area contributed by atoms with Crippen LogP contribution in [0.1, 0.15) is 24.2 Å². The lowest BCUT2D eigenvalue weighted by Gasteiger charge is -2.31. The molecule has 0 saturated heterocycles. The number of carboxylic acids is 1. The van der Waals surface area contributed by atoms with Gasteiger partial charge < -0.3 is 15.1 Å². The van der Waals surface area contributed by atoms with Crippen molar-refractivity contribution in [3.63, 3.8) is 0 Å². The number of aromatic amines is 1. The summed E-state index contributed by atoms with van der Waals surface area (Å²) in [4.78, 5) is 37.2. The quantitative estimate of drug-likeness (QED) is 0.704. The van der Waals surface area contributed by atoms with E-state index < -0.39 is 28.9 Å². The van der Waals surface area contributed by atoms with Crippen LogP contribution >= 0.6 is 0 Å². The van der Waals surface area contributed by atoms with E-state index in [-0.39, 0.29) is 5.56 Å². The predicted octanol–water partition coefficient (Wildman–Crippen LogP) is 0.0157. The van der Waals surface area contributed by atoms with Crippen molar-refractivity contribution in [2.75, 3.05) is 7.05 Å². The number of aromatic hydroxyl groups is 1. The third-order valence-corrected chi connectivity index (χ3v) is 2.74. The average molecular weight is 254 g/mol. The molecule has 3 N–H and O–H groups in total. The van der Waals surface area contributed by atoms with Crippen molar-refractivity contribution in [1.82, 2.24) is 9.88 Å². The summed E-state index contributed by atoms with van der Waals surface area (Å²) in [5.41, 5.74) is -2.14. The number of likely N-dealkylation sites (N-methyl/N-ethyl adjacent to an activating group) is 1. The first kappa shape index (κ1) is 13.8. The molecule has 0 spiro atoms. The second-order valence-electron chi connectivity index (χ2n) is 4.35. The number of pyridine rings is 1. The van der Waals surface area contributed by atoms with Gasteiger partial charge in [-0.1, -0.05) is 0 Å². The maximum Gasteiger partial charge on any atom is 0.329 e. The van der Waals surface area contributed by atoms with Crippen LogP contribution in [-0.4, -0.2) is 44.6 Å². The molecule has 0 aliphatic heterocycles. The zero-order valence-corrected chi connectivity index (χ0v) is 10.2. The van der Waals surface area contributed by atoms with E-state index in [4.69, 9.17) is 5.11 Å². The smallest absolute Gasteiger partial charge is 0.329 e. The Balaban J connectivity index is 3.15. The van der Waals surface area contributed by atoms with Crippen molar-refractivity contribution in [2.24, 2.45) is 0 Å². The lowest BCUT2D eigenvalue weighted by atomic mass is 10.0. The molecular formula is C11H14N2O5. The molecule has 7 heteroatoms. The summed E-state index contributed by atoms with van der Waals surface area (Å²) in [6.07, 6.45) is 0. The zero-order chi connectivity index (χ0) is 14.1. The van der Waals surface area contributed by atoms with Crippen LogP contribution in [0.5, 0.6) is 5.88 Å². The Morgan fingerprint density at radius 1 is 1.33 bits per heavy atom. The summed E-state index contributed by atoms with van der Waals surface area (Å²) in [6, 6.07) is 2.06. The van der Waals surface area contributed by atoms with Gasteiger partial charge in [-0.05, 0) is 13.8 Å². The molecular weight excluding hydrogens is 240 g/mol. The highest BCUT2D eigenvalue weighted by molar-refractivity contribution is 5.97. The van der Waals surface area contributed by atoms with E-state index in [2.05, 4.69) is 4.98 Å². The van der Waals surface area contributed by atoms with Crippen LogP contribution in [0.2, 0.25) is 0 Å². The lowest BCUT2D eigenvalue weighted by Crippen LogP contribution is -2.50. The minimum atomic E-state index is -1.42. The zero-order valence-electron chi connectivity index (χ0n) is 10.2. The minimum Gasteiger partial charge on any atom is -0.494 e. The third-order valence-electron chi connectivity index (χ3n) is 2.74. The molecule has 18 heavy (non-hydrogen) atoms. The molecule has 98 valence electrons. The van der Waals surface area contributed by atoms with Gasteiger partial charge in [0.2, 0.25) is 0 Å². The topological polar surface area (TPSA) is 111 Å². The molecule has 7 nitrogen and oxygen atoms in total. The molecule has 0 aliphatic rings. The van der Waals surface area contributed by atoms with Crippen LogP contribution < -0.4 is 5.56 Å². The van der Waals surface area contributed by atoms with E-state index in [1.807, 2.05) is 0 Å². The van der Waals surface area contributed by atoms with E-state index in [9.17, 15) is 19.5 Å². The first-order valence-electron chi connectivity index (χ1n) is 5.11. The van der Waals surface area contributed by atoms with Gasteiger partial charge >= 0.3 is 5.97 Å². The van der Waals surface area contributed by atoms with Crippen molar-refractivity contribution in [3.8, 4) is 5.88 Å². The van der Waals surface area contributed by atoms with Crippen LogP contribution in [0.3, 0.4) is 0 Å². The number of carbonyl (C=O) groups is 2. The second-order valence-corrected chi connectivity index (χ2v) is 4.35. The highest BCUT2D eigenvalue weighted by Crippen LogP contribution is 2.16. The van der Waals surface area contributed by atoms with Crippen molar-refractivity contribution < 1.29 is 19.8 Å². The molecule has 1 amide bonds. The number of hydrogen-bond donors (Lipinski definition) is 3. The molecule has 1 heterocycles. The molecule has 0 fully saturated rings. The molecule has 0 aromatic carbocycles. The first-order valence-corrected chi connectivity index (χ1v) is 5.11. The van der Waals surface area contributed by atoms with Crippen molar-refractivity contribution >= 4 is 11.9 Å². The summed E-state index contributed by atoms with van der Waals surface area (Å²) in [7, 11) is 1.31. The summed E-state index contributed by atoms with van der Waals surface area (Å²) in [5.74, 6) is -2.29. The first-order chi connectivity index (χ1) is 8.16. The number of H-pyrrole nitrogens is 1. The van der Waals surface area contributed by atoms with E-state index in [1.165, 1.54) is 20.9 Å². The Bertz CT molecular complexity index is 547. The SMILES string of the molecule is CN(C(=O)c1cc(O)[nH]c(=O)c1)C(C)(C)C(=O)O. The molecule has 0 bridgehead atoms. The van der Waals surface area contributed by atoms with Crippen LogP contribution in [0, 0.1) is 0 Å².